The van der Waals surface area contributed by atoms with Crippen LogP contribution in [-0.4, -0.2) is 68.2 Å². The van der Waals surface area contributed by atoms with E-state index in [1.807, 2.05) is 4.90 Å². The van der Waals surface area contributed by atoms with Crippen LogP contribution in [0.4, 0.5) is 0 Å². The first-order valence-corrected chi connectivity index (χ1v) is 6.41. The first-order valence-electron chi connectivity index (χ1n) is 6.41. The third-order valence-corrected chi connectivity index (χ3v) is 2.90. The SMILES string of the molecule is CC(C)CN(CCN1CCOCC1)C(=O)CN. The molecule has 0 aliphatic carbocycles. The van der Waals surface area contributed by atoms with E-state index in [4.69, 9.17) is 10.5 Å². The van der Waals surface area contributed by atoms with Crippen LogP contribution in [0.3, 0.4) is 0 Å². The Balaban J connectivity index is 2.34. The molecular weight excluding hydrogens is 218 g/mol. The smallest absolute Gasteiger partial charge is 0.236 e. The number of nitrogens with zero attached hydrogens (tertiary/aromatic N) is 2. The Labute approximate surface area is 104 Å². The second-order valence-corrected chi connectivity index (χ2v) is 4.89. The molecule has 1 amide bonds. The molecule has 1 aliphatic heterocycles. The molecule has 1 saturated heterocycles. The Morgan fingerprint density at radius 3 is 2.59 bits per heavy atom. The number of nitrogens with two attached hydrogens (primary N) is 1. The topological polar surface area (TPSA) is 58.8 Å². The Morgan fingerprint density at radius 1 is 1.41 bits per heavy atom. The van der Waals surface area contributed by atoms with E-state index in [2.05, 4.69) is 18.7 Å². The molecule has 5 nitrogen and oxygen atoms in total. The highest BCUT2D eigenvalue weighted by atomic mass is 16.5. The van der Waals surface area contributed by atoms with Gasteiger partial charge in [-0.15, -0.1) is 0 Å². The Morgan fingerprint density at radius 2 is 2.06 bits per heavy atom. The summed E-state index contributed by atoms with van der Waals surface area (Å²) in [6.07, 6.45) is 0. The molecule has 17 heavy (non-hydrogen) atoms. The number of hydrogen-bond acceptors (Lipinski definition) is 4. The molecular formula is C12H25N3O2. The summed E-state index contributed by atoms with van der Waals surface area (Å²) in [5.74, 6) is 0.530. The molecule has 0 aromatic carbocycles. The highest BCUT2D eigenvalue weighted by Crippen LogP contribution is 2.01. The normalized spacial score (nSPS) is 17.4. The van der Waals surface area contributed by atoms with E-state index in [-0.39, 0.29) is 12.5 Å². The average Bonchev–Trinajstić information content (AvgIpc) is 2.34. The van der Waals surface area contributed by atoms with Gasteiger partial charge < -0.3 is 15.4 Å². The van der Waals surface area contributed by atoms with Crippen molar-refractivity contribution in [2.24, 2.45) is 11.7 Å². The van der Waals surface area contributed by atoms with E-state index in [0.29, 0.717) is 5.92 Å². The van der Waals surface area contributed by atoms with Crippen molar-refractivity contribution in [1.29, 1.82) is 0 Å². The molecule has 0 aromatic rings. The molecule has 5 heteroatoms. The second-order valence-electron chi connectivity index (χ2n) is 4.89. The fourth-order valence-corrected chi connectivity index (χ4v) is 1.97. The number of morpholine rings is 1. The molecule has 0 bridgehead atoms. The van der Waals surface area contributed by atoms with Crippen LogP contribution in [0.15, 0.2) is 0 Å². The molecule has 0 unspecified atom stereocenters. The lowest BCUT2D eigenvalue weighted by Gasteiger charge is -2.30. The third-order valence-electron chi connectivity index (χ3n) is 2.90. The monoisotopic (exact) mass is 243 g/mol. The zero-order valence-electron chi connectivity index (χ0n) is 11.0. The number of rotatable bonds is 6. The maximum atomic E-state index is 11.7. The zero-order valence-corrected chi connectivity index (χ0v) is 11.0. The van der Waals surface area contributed by atoms with Crippen molar-refractivity contribution >= 4 is 5.91 Å². The van der Waals surface area contributed by atoms with Crippen LogP contribution in [-0.2, 0) is 9.53 Å². The lowest BCUT2D eigenvalue weighted by atomic mass is 10.2. The Bertz CT molecular complexity index is 228. The van der Waals surface area contributed by atoms with Gasteiger partial charge in [0.25, 0.3) is 0 Å². The van der Waals surface area contributed by atoms with E-state index in [0.717, 1.165) is 45.9 Å². The van der Waals surface area contributed by atoms with Gasteiger partial charge in [0.2, 0.25) is 5.91 Å². The molecule has 1 rings (SSSR count). The van der Waals surface area contributed by atoms with Crippen molar-refractivity contribution in [2.45, 2.75) is 13.8 Å². The molecule has 1 fully saturated rings. The third kappa shape index (κ3) is 5.48. The number of carbonyl (C=O) groups is 1. The number of hydrogen-bond donors (Lipinski definition) is 1. The minimum Gasteiger partial charge on any atom is -0.379 e. The first-order chi connectivity index (χ1) is 8.13. The standard InChI is InChI=1S/C12H25N3O2/c1-11(2)10-15(12(16)9-13)4-3-14-5-7-17-8-6-14/h11H,3-10,13H2,1-2H3. The fraction of sp³-hybridized carbons (Fsp3) is 0.917. The largest absolute Gasteiger partial charge is 0.379 e. The zero-order chi connectivity index (χ0) is 12.7. The number of ether oxygens (including phenoxy) is 1. The van der Waals surface area contributed by atoms with Crippen LogP contribution in [0, 0.1) is 5.92 Å². The van der Waals surface area contributed by atoms with E-state index < -0.39 is 0 Å². The molecule has 2 N–H and O–H groups in total. The van der Waals surface area contributed by atoms with Crippen molar-refractivity contribution < 1.29 is 9.53 Å². The van der Waals surface area contributed by atoms with Gasteiger partial charge in [-0.2, -0.15) is 0 Å². The van der Waals surface area contributed by atoms with Crippen LogP contribution < -0.4 is 5.73 Å². The van der Waals surface area contributed by atoms with Gasteiger partial charge in [-0.05, 0) is 5.92 Å². The molecule has 0 radical (unpaired) electrons. The van der Waals surface area contributed by atoms with Crippen molar-refractivity contribution in [2.75, 3.05) is 52.5 Å². The second kappa shape index (κ2) is 7.63. The van der Waals surface area contributed by atoms with E-state index in [1.54, 1.807) is 0 Å². The molecule has 0 spiro atoms. The maximum absolute atomic E-state index is 11.7. The van der Waals surface area contributed by atoms with E-state index in [9.17, 15) is 4.79 Å². The van der Waals surface area contributed by atoms with E-state index >= 15 is 0 Å². The highest BCUT2D eigenvalue weighted by molar-refractivity contribution is 5.78. The highest BCUT2D eigenvalue weighted by Gasteiger charge is 2.16. The van der Waals surface area contributed by atoms with Crippen molar-refractivity contribution in [3.05, 3.63) is 0 Å². The quantitative estimate of drug-likeness (QED) is 0.699. The fourth-order valence-electron chi connectivity index (χ4n) is 1.97. The summed E-state index contributed by atoms with van der Waals surface area (Å²) in [5, 5.41) is 0. The average molecular weight is 243 g/mol. The summed E-state index contributed by atoms with van der Waals surface area (Å²) < 4.78 is 5.30. The predicted molar refractivity (Wildman–Crippen MR) is 67.7 cm³/mol. The summed E-state index contributed by atoms with van der Waals surface area (Å²) in [5.41, 5.74) is 5.43. The molecule has 100 valence electrons. The molecule has 0 atom stereocenters. The van der Waals surface area contributed by atoms with Crippen LogP contribution in [0.25, 0.3) is 0 Å². The molecule has 1 aliphatic rings. The van der Waals surface area contributed by atoms with Gasteiger partial charge in [-0.25, -0.2) is 0 Å². The maximum Gasteiger partial charge on any atom is 0.236 e. The van der Waals surface area contributed by atoms with Gasteiger partial charge in [-0.1, -0.05) is 13.8 Å². The summed E-state index contributed by atoms with van der Waals surface area (Å²) in [7, 11) is 0. The predicted octanol–water partition coefficient (Wildman–Crippen LogP) is -0.238. The van der Waals surface area contributed by atoms with Crippen LogP contribution in [0.1, 0.15) is 13.8 Å². The summed E-state index contributed by atoms with van der Waals surface area (Å²) in [6.45, 7) is 10.4. The van der Waals surface area contributed by atoms with Crippen LogP contribution in [0.5, 0.6) is 0 Å². The Kier molecular flexibility index (Phi) is 6.47. The van der Waals surface area contributed by atoms with Crippen molar-refractivity contribution in [1.82, 2.24) is 9.80 Å². The van der Waals surface area contributed by atoms with Crippen LogP contribution in [0.2, 0.25) is 0 Å². The number of amides is 1. The summed E-state index contributed by atoms with van der Waals surface area (Å²) >= 11 is 0. The summed E-state index contributed by atoms with van der Waals surface area (Å²) in [6, 6.07) is 0. The minimum atomic E-state index is 0.0481. The minimum absolute atomic E-state index is 0.0481. The van der Waals surface area contributed by atoms with Crippen molar-refractivity contribution in [3.63, 3.8) is 0 Å². The van der Waals surface area contributed by atoms with Gasteiger partial charge >= 0.3 is 0 Å². The van der Waals surface area contributed by atoms with Gasteiger partial charge in [-0.3, -0.25) is 9.69 Å². The van der Waals surface area contributed by atoms with Crippen LogP contribution >= 0.6 is 0 Å². The lowest BCUT2D eigenvalue weighted by molar-refractivity contribution is -0.130. The first kappa shape index (κ1) is 14.4. The van der Waals surface area contributed by atoms with E-state index in [1.165, 1.54) is 0 Å². The molecule has 0 saturated carbocycles. The van der Waals surface area contributed by atoms with Gasteiger partial charge in [0.1, 0.15) is 0 Å². The van der Waals surface area contributed by atoms with Crippen molar-refractivity contribution in [3.8, 4) is 0 Å². The summed E-state index contributed by atoms with van der Waals surface area (Å²) in [4.78, 5) is 15.9. The van der Waals surface area contributed by atoms with Gasteiger partial charge in [0, 0.05) is 32.7 Å². The van der Waals surface area contributed by atoms with Gasteiger partial charge in [0.05, 0.1) is 19.8 Å². The van der Waals surface area contributed by atoms with Gasteiger partial charge in [0.15, 0.2) is 0 Å². The molecule has 0 aromatic heterocycles. The Hall–Kier alpha value is -0.650. The molecule has 1 heterocycles. The lowest BCUT2D eigenvalue weighted by Crippen LogP contribution is -2.45. The number of carbonyl (C=O) groups excluding carboxylic acids is 1.